The van der Waals surface area contributed by atoms with Crippen molar-refractivity contribution in [1.29, 1.82) is 0 Å². The SMILES string of the molecule is CCc1ccccc1Nc1nc(N)nc(CO/N=C/c2ccc(OC(F)F)cc2)n1. The van der Waals surface area contributed by atoms with E-state index in [9.17, 15) is 8.78 Å². The molecule has 0 saturated carbocycles. The Balaban J connectivity index is 1.60. The highest BCUT2D eigenvalue weighted by atomic mass is 19.3. The maximum absolute atomic E-state index is 12.1. The molecule has 1 heterocycles. The Morgan fingerprint density at radius 3 is 2.60 bits per heavy atom. The average molecular weight is 414 g/mol. The molecule has 3 rings (SSSR count). The number of alkyl halides is 2. The molecule has 0 radical (unpaired) electrons. The number of benzene rings is 2. The minimum absolute atomic E-state index is 0.0279. The third kappa shape index (κ3) is 6.09. The van der Waals surface area contributed by atoms with Crippen molar-refractivity contribution in [2.24, 2.45) is 5.16 Å². The molecule has 1 aromatic heterocycles. The fraction of sp³-hybridized carbons (Fsp3) is 0.200. The van der Waals surface area contributed by atoms with E-state index in [2.05, 4.69) is 37.1 Å². The van der Waals surface area contributed by atoms with Crippen LogP contribution in [0, 0.1) is 0 Å². The summed E-state index contributed by atoms with van der Waals surface area (Å²) >= 11 is 0. The van der Waals surface area contributed by atoms with Crippen LogP contribution in [0.5, 0.6) is 5.75 Å². The number of anilines is 3. The van der Waals surface area contributed by atoms with Crippen molar-refractivity contribution in [3.63, 3.8) is 0 Å². The number of nitrogens with zero attached hydrogens (tertiary/aromatic N) is 4. The summed E-state index contributed by atoms with van der Waals surface area (Å²) in [5, 5.41) is 6.96. The molecule has 0 bridgehead atoms. The molecular formula is C20H20F2N6O2. The second kappa shape index (κ2) is 10.1. The van der Waals surface area contributed by atoms with E-state index in [1.54, 1.807) is 12.1 Å². The van der Waals surface area contributed by atoms with Crippen molar-refractivity contribution in [2.75, 3.05) is 11.1 Å². The van der Waals surface area contributed by atoms with Crippen LogP contribution in [0.4, 0.5) is 26.4 Å². The molecule has 0 saturated heterocycles. The van der Waals surface area contributed by atoms with Gasteiger partial charge >= 0.3 is 6.61 Å². The Morgan fingerprint density at radius 2 is 1.87 bits per heavy atom. The number of aryl methyl sites for hydroxylation is 1. The van der Waals surface area contributed by atoms with Gasteiger partial charge in [-0.05, 0) is 47.9 Å². The molecule has 0 spiro atoms. The summed E-state index contributed by atoms with van der Waals surface area (Å²) in [6.07, 6.45) is 2.27. The molecule has 0 fully saturated rings. The van der Waals surface area contributed by atoms with Crippen LogP contribution in [0.15, 0.2) is 53.7 Å². The van der Waals surface area contributed by atoms with E-state index >= 15 is 0 Å². The third-order valence-electron chi connectivity index (χ3n) is 3.92. The molecule has 8 nitrogen and oxygen atoms in total. The van der Waals surface area contributed by atoms with Gasteiger partial charge in [0, 0.05) is 5.69 Å². The number of hydrogen-bond donors (Lipinski definition) is 2. The van der Waals surface area contributed by atoms with E-state index in [4.69, 9.17) is 10.6 Å². The highest BCUT2D eigenvalue weighted by Crippen LogP contribution is 2.19. The topological polar surface area (TPSA) is 108 Å². The number of nitrogens with one attached hydrogen (secondary N) is 1. The monoisotopic (exact) mass is 414 g/mol. The van der Waals surface area contributed by atoms with Gasteiger partial charge in [0.1, 0.15) is 5.75 Å². The van der Waals surface area contributed by atoms with Gasteiger partial charge in [-0.25, -0.2) is 0 Å². The van der Waals surface area contributed by atoms with Gasteiger partial charge < -0.3 is 20.6 Å². The summed E-state index contributed by atoms with van der Waals surface area (Å²) in [4.78, 5) is 17.6. The van der Waals surface area contributed by atoms with Gasteiger partial charge in [0.25, 0.3) is 0 Å². The van der Waals surface area contributed by atoms with Crippen LogP contribution in [0.2, 0.25) is 0 Å². The lowest BCUT2D eigenvalue weighted by Crippen LogP contribution is -2.08. The van der Waals surface area contributed by atoms with Crippen LogP contribution in [-0.2, 0) is 17.9 Å². The quantitative estimate of drug-likeness (QED) is 0.404. The van der Waals surface area contributed by atoms with Crippen molar-refractivity contribution >= 4 is 23.8 Å². The van der Waals surface area contributed by atoms with Crippen molar-refractivity contribution < 1.29 is 18.4 Å². The summed E-state index contributed by atoms with van der Waals surface area (Å²) in [7, 11) is 0. The largest absolute Gasteiger partial charge is 0.435 e. The second-order valence-electron chi connectivity index (χ2n) is 6.02. The Bertz CT molecular complexity index is 999. The zero-order chi connectivity index (χ0) is 21.3. The second-order valence-corrected chi connectivity index (χ2v) is 6.02. The Kier molecular flexibility index (Phi) is 7.04. The first-order valence-corrected chi connectivity index (χ1v) is 9.09. The molecule has 2 aromatic carbocycles. The van der Waals surface area contributed by atoms with Crippen molar-refractivity contribution in [3.8, 4) is 5.75 Å². The van der Waals surface area contributed by atoms with Gasteiger partial charge in [-0.3, -0.25) is 0 Å². The number of nitrogen functional groups attached to an aromatic ring is 1. The number of aromatic nitrogens is 3. The zero-order valence-electron chi connectivity index (χ0n) is 16.1. The third-order valence-corrected chi connectivity index (χ3v) is 3.92. The van der Waals surface area contributed by atoms with Gasteiger partial charge in [-0.2, -0.15) is 23.7 Å². The lowest BCUT2D eigenvalue weighted by molar-refractivity contribution is -0.0498. The highest BCUT2D eigenvalue weighted by molar-refractivity contribution is 5.79. The molecule has 0 aliphatic rings. The zero-order valence-corrected chi connectivity index (χ0v) is 16.1. The molecule has 3 aromatic rings. The fourth-order valence-electron chi connectivity index (χ4n) is 2.56. The molecule has 10 heteroatoms. The smallest absolute Gasteiger partial charge is 0.387 e. The van der Waals surface area contributed by atoms with Crippen molar-refractivity contribution in [1.82, 2.24) is 15.0 Å². The van der Waals surface area contributed by atoms with Crippen LogP contribution >= 0.6 is 0 Å². The first-order chi connectivity index (χ1) is 14.5. The lowest BCUT2D eigenvalue weighted by Gasteiger charge is -2.10. The van der Waals surface area contributed by atoms with Crippen LogP contribution in [0.3, 0.4) is 0 Å². The highest BCUT2D eigenvalue weighted by Gasteiger charge is 2.07. The molecule has 30 heavy (non-hydrogen) atoms. The van der Waals surface area contributed by atoms with Crippen LogP contribution in [-0.4, -0.2) is 27.8 Å². The lowest BCUT2D eigenvalue weighted by atomic mass is 10.1. The van der Waals surface area contributed by atoms with E-state index in [1.807, 2.05) is 24.3 Å². The summed E-state index contributed by atoms with van der Waals surface area (Å²) in [5.41, 5.74) is 8.41. The van der Waals surface area contributed by atoms with Crippen LogP contribution in [0.25, 0.3) is 0 Å². The maximum atomic E-state index is 12.1. The van der Waals surface area contributed by atoms with Gasteiger partial charge in [0.2, 0.25) is 11.9 Å². The minimum atomic E-state index is -2.87. The minimum Gasteiger partial charge on any atom is -0.435 e. The predicted octanol–water partition coefficient (Wildman–Crippen LogP) is 3.91. The molecule has 156 valence electrons. The average Bonchev–Trinajstić information content (AvgIpc) is 2.72. The first kappa shape index (κ1) is 20.9. The molecule has 0 unspecified atom stereocenters. The van der Waals surface area contributed by atoms with E-state index in [0.29, 0.717) is 17.3 Å². The first-order valence-electron chi connectivity index (χ1n) is 9.09. The Morgan fingerprint density at radius 1 is 1.10 bits per heavy atom. The summed E-state index contributed by atoms with van der Waals surface area (Å²) in [5.74, 6) is 0.726. The summed E-state index contributed by atoms with van der Waals surface area (Å²) in [6, 6.07) is 13.8. The van der Waals surface area contributed by atoms with Gasteiger partial charge in [-0.15, -0.1) is 0 Å². The number of halogens is 2. The number of nitrogens with two attached hydrogens (primary N) is 1. The number of para-hydroxylation sites is 1. The summed E-state index contributed by atoms with van der Waals surface area (Å²) < 4.78 is 28.6. The Hall–Kier alpha value is -3.82. The fourth-order valence-corrected chi connectivity index (χ4v) is 2.56. The number of oxime groups is 1. The molecule has 0 aliphatic heterocycles. The summed E-state index contributed by atoms with van der Waals surface area (Å²) in [6.45, 7) is -0.839. The van der Waals surface area contributed by atoms with E-state index < -0.39 is 6.61 Å². The molecular weight excluding hydrogens is 394 g/mol. The molecule has 0 amide bonds. The number of hydrogen-bond acceptors (Lipinski definition) is 8. The van der Waals surface area contributed by atoms with Gasteiger partial charge in [0.05, 0.1) is 6.21 Å². The van der Waals surface area contributed by atoms with Gasteiger partial charge in [-0.1, -0.05) is 30.3 Å². The van der Waals surface area contributed by atoms with Crippen LogP contribution in [0.1, 0.15) is 23.9 Å². The van der Waals surface area contributed by atoms with E-state index in [1.165, 1.54) is 18.3 Å². The standard InChI is InChI=1S/C20H20F2N6O2/c1-2-14-5-3-4-6-16(14)25-20-27-17(26-19(23)28-20)12-29-24-11-13-7-9-15(10-8-13)30-18(21)22/h3-11,18H,2,12H2,1H3,(H3,23,25,26,27,28)/b24-11+. The predicted molar refractivity (Wildman–Crippen MR) is 109 cm³/mol. The van der Waals surface area contributed by atoms with Crippen molar-refractivity contribution in [2.45, 2.75) is 26.6 Å². The Labute approximate surface area is 171 Å². The molecule has 0 aliphatic carbocycles. The van der Waals surface area contributed by atoms with E-state index in [-0.39, 0.29) is 18.3 Å². The number of ether oxygens (including phenoxy) is 1. The molecule has 0 atom stereocenters. The molecule has 3 N–H and O–H groups in total. The van der Waals surface area contributed by atoms with E-state index in [0.717, 1.165) is 17.7 Å². The maximum Gasteiger partial charge on any atom is 0.387 e. The van der Waals surface area contributed by atoms with Gasteiger partial charge in [0.15, 0.2) is 12.4 Å². The normalized spacial score (nSPS) is 11.1. The van der Waals surface area contributed by atoms with Crippen molar-refractivity contribution in [3.05, 3.63) is 65.5 Å². The van der Waals surface area contributed by atoms with Crippen LogP contribution < -0.4 is 15.8 Å². The number of rotatable bonds is 9.